The fourth-order valence-corrected chi connectivity index (χ4v) is 4.65. The molecule has 0 radical (unpaired) electrons. The van der Waals surface area contributed by atoms with E-state index in [9.17, 15) is 31.1 Å². The second-order valence-electron chi connectivity index (χ2n) is 9.48. The minimum absolute atomic E-state index is 0.0342. The summed E-state index contributed by atoms with van der Waals surface area (Å²) in [7, 11) is 1.38. The van der Waals surface area contributed by atoms with Gasteiger partial charge in [0.15, 0.2) is 5.65 Å². The second kappa shape index (κ2) is 9.86. The number of aromatic nitrogens is 3. The highest BCUT2D eigenvalue weighted by Crippen LogP contribution is 2.43. The molecule has 0 fully saturated rings. The van der Waals surface area contributed by atoms with E-state index in [-0.39, 0.29) is 11.8 Å². The van der Waals surface area contributed by atoms with E-state index in [4.69, 9.17) is 11.6 Å². The monoisotopic (exact) mass is 568 g/mol. The van der Waals surface area contributed by atoms with Crippen LogP contribution in [0.1, 0.15) is 37.5 Å². The Morgan fingerprint density at radius 1 is 0.949 bits per heavy atom. The number of amides is 1. The topological polar surface area (TPSA) is 51.0 Å². The maximum Gasteiger partial charge on any atom is 0.416 e. The molecular weight excluding hydrogens is 546 g/mol. The van der Waals surface area contributed by atoms with Crippen LogP contribution in [0.25, 0.3) is 22.2 Å². The van der Waals surface area contributed by atoms with Gasteiger partial charge in [-0.3, -0.25) is 4.79 Å². The molecule has 0 saturated carbocycles. The number of likely N-dealkylation sites (N-methyl/N-ethyl adjacent to an activating group) is 1. The number of aryl methyl sites for hydroxylation is 1. The molecule has 0 aliphatic heterocycles. The van der Waals surface area contributed by atoms with Gasteiger partial charge in [-0.25, -0.2) is 9.67 Å². The summed E-state index contributed by atoms with van der Waals surface area (Å²) >= 11 is 6.50. The van der Waals surface area contributed by atoms with E-state index in [2.05, 4.69) is 10.1 Å². The summed E-state index contributed by atoms with van der Waals surface area (Å²) < 4.78 is 82.7. The second-order valence-corrected chi connectivity index (χ2v) is 9.89. The standard InChI is InChI=1S/C27H23ClF6N4O/c1-5-38-23-19(13-36-38)22(18-8-6-7-9-20(18)28)21(14-35-23)37(4)24(39)25(2,3)15-10-16(26(29,30)31)12-17(11-15)27(32,33)34/h6-14H,5H2,1-4H3. The van der Waals surface area contributed by atoms with E-state index in [1.807, 2.05) is 6.92 Å². The average Bonchev–Trinajstić information content (AvgIpc) is 3.29. The molecule has 0 atom stereocenters. The van der Waals surface area contributed by atoms with E-state index in [0.29, 0.717) is 45.9 Å². The quantitative estimate of drug-likeness (QED) is 0.231. The van der Waals surface area contributed by atoms with Gasteiger partial charge in [0, 0.05) is 35.1 Å². The zero-order valence-corrected chi connectivity index (χ0v) is 22.0. The van der Waals surface area contributed by atoms with Crippen LogP contribution in [0.4, 0.5) is 32.0 Å². The van der Waals surface area contributed by atoms with Crippen LogP contribution >= 0.6 is 11.6 Å². The van der Waals surface area contributed by atoms with Gasteiger partial charge in [-0.1, -0.05) is 29.8 Å². The Morgan fingerprint density at radius 2 is 1.51 bits per heavy atom. The van der Waals surface area contributed by atoms with Gasteiger partial charge in [0.1, 0.15) is 0 Å². The molecule has 0 unspecified atom stereocenters. The summed E-state index contributed by atoms with van der Waals surface area (Å²) in [5, 5.41) is 5.26. The highest BCUT2D eigenvalue weighted by Gasteiger charge is 2.41. The highest BCUT2D eigenvalue weighted by atomic mass is 35.5. The van der Waals surface area contributed by atoms with Gasteiger partial charge in [0.25, 0.3) is 0 Å². The number of hydrogen-bond acceptors (Lipinski definition) is 3. The zero-order chi connectivity index (χ0) is 28.9. The Bertz CT molecular complexity index is 1530. The SMILES string of the molecule is CCn1ncc2c(-c3ccccc3Cl)c(N(C)C(=O)C(C)(C)c3cc(C(F)(F)F)cc(C(F)(F)F)c3)cnc21. The number of rotatable bonds is 5. The van der Waals surface area contributed by atoms with Crippen molar-refractivity contribution < 1.29 is 31.1 Å². The van der Waals surface area contributed by atoms with Crippen molar-refractivity contribution in [3.05, 3.63) is 76.6 Å². The molecule has 0 aliphatic rings. The van der Waals surface area contributed by atoms with Crippen molar-refractivity contribution in [1.29, 1.82) is 0 Å². The lowest BCUT2D eigenvalue weighted by Gasteiger charge is -2.32. The number of nitrogens with zero attached hydrogens (tertiary/aromatic N) is 4. The molecule has 12 heteroatoms. The first-order chi connectivity index (χ1) is 18.1. The third-order valence-electron chi connectivity index (χ3n) is 6.60. The lowest BCUT2D eigenvalue weighted by Crippen LogP contribution is -2.42. The third-order valence-corrected chi connectivity index (χ3v) is 6.93. The first-order valence-electron chi connectivity index (χ1n) is 11.7. The minimum Gasteiger partial charge on any atom is -0.313 e. The van der Waals surface area contributed by atoms with Crippen LogP contribution in [0.3, 0.4) is 0 Å². The van der Waals surface area contributed by atoms with E-state index in [0.717, 1.165) is 0 Å². The number of fused-ring (bicyclic) bond motifs is 1. The molecule has 206 valence electrons. The molecule has 0 saturated heterocycles. The van der Waals surface area contributed by atoms with Gasteiger partial charge in [-0.15, -0.1) is 0 Å². The van der Waals surface area contributed by atoms with E-state index < -0.39 is 40.4 Å². The van der Waals surface area contributed by atoms with Crippen molar-refractivity contribution in [3.63, 3.8) is 0 Å². The van der Waals surface area contributed by atoms with Crippen LogP contribution in [-0.2, 0) is 29.1 Å². The molecule has 0 N–H and O–H groups in total. The number of benzene rings is 2. The Hall–Kier alpha value is -3.60. The fraction of sp³-hybridized carbons (Fsp3) is 0.296. The van der Waals surface area contributed by atoms with Gasteiger partial charge in [-0.2, -0.15) is 31.4 Å². The molecule has 2 aromatic heterocycles. The summed E-state index contributed by atoms with van der Waals surface area (Å²) in [6, 6.07) is 8.04. The van der Waals surface area contributed by atoms with Crippen LogP contribution < -0.4 is 4.90 Å². The molecule has 0 spiro atoms. The number of carbonyl (C=O) groups is 1. The molecule has 0 aliphatic carbocycles. The van der Waals surface area contributed by atoms with Crippen LogP contribution in [0.15, 0.2) is 54.9 Å². The Kier molecular flexibility index (Phi) is 7.18. The maximum atomic E-state index is 13.8. The Morgan fingerprint density at radius 3 is 2.05 bits per heavy atom. The minimum atomic E-state index is -5.05. The number of alkyl halides is 6. The number of pyridine rings is 1. The molecule has 4 rings (SSSR count). The van der Waals surface area contributed by atoms with Crippen LogP contribution in [0, 0.1) is 0 Å². The van der Waals surface area contributed by atoms with E-state index in [1.54, 1.807) is 35.1 Å². The average molecular weight is 569 g/mol. The first-order valence-corrected chi connectivity index (χ1v) is 12.1. The van der Waals surface area contributed by atoms with Crippen molar-refractivity contribution >= 4 is 34.2 Å². The summed E-state index contributed by atoms with van der Waals surface area (Å²) in [5.41, 5.74) is -3.41. The molecule has 4 aromatic rings. The summed E-state index contributed by atoms with van der Waals surface area (Å²) in [6.07, 6.45) is -7.12. The van der Waals surface area contributed by atoms with Crippen LogP contribution in [-0.4, -0.2) is 27.7 Å². The maximum absolute atomic E-state index is 13.8. The number of halogens is 7. The largest absolute Gasteiger partial charge is 0.416 e. The fourth-order valence-electron chi connectivity index (χ4n) is 4.42. The molecule has 39 heavy (non-hydrogen) atoms. The van der Waals surface area contributed by atoms with Crippen LogP contribution in [0.5, 0.6) is 0 Å². The molecule has 5 nitrogen and oxygen atoms in total. The smallest absolute Gasteiger partial charge is 0.313 e. The number of carbonyl (C=O) groups excluding carboxylic acids is 1. The summed E-state index contributed by atoms with van der Waals surface area (Å²) in [6.45, 7) is 4.94. The van der Waals surface area contributed by atoms with Crippen molar-refractivity contribution in [2.24, 2.45) is 0 Å². The van der Waals surface area contributed by atoms with E-state index in [1.165, 1.54) is 32.0 Å². The predicted octanol–water partition coefficient (Wildman–Crippen LogP) is 7.75. The van der Waals surface area contributed by atoms with Gasteiger partial charge < -0.3 is 4.90 Å². The van der Waals surface area contributed by atoms with Crippen LogP contribution in [0.2, 0.25) is 5.02 Å². The number of hydrogen-bond donors (Lipinski definition) is 0. The lowest BCUT2D eigenvalue weighted by molar-refractivity contribution is -0.143. The molecule has 0 bridgehead atoms. The van der Waals surface area contributed by atoms with Gasteiger partial charge in [0.2, 0.25) is 5.91 Å². The lowest BCUT2D eigenvalue weighted by atomic mass is 9.81. The van der Waals surface area contributed by atoms with Crippen molar-refractivity contribution in [1.82, 2.24) is 14.8 Å². The predicted molar refractivity (Wildman–Crippen MR) is 137 cm³/mol. The Balaban J connectivity index is 1.89. The number of anilines is 1. The first kappa shape index (κ1) is 28.4. The van der Waals surface area contributed by atoms with Crippen molar-refractivity contribution in [2.75, 3.05) is 11.9 Å². The van der Waals surface area contributed by atoms with Gasteiger partial charge >= 0.3 is 12.4 Å². The zero-order valence-electron chi connectivity index (χ0n) is 21.2. The summed E-state index contributed by atoms with van der Waals surface area (Å²) in [4.78, 5) is 19.4. The molecule has 1 amide bonds. The third kappa shape index (κ3) is 5.19. The van der Waals surface area contributed by atoms with Crippen molar-refractivity contribution in [3.8, 4) is 11.1 Å². The highest BCUT2D eigenvalue weighted by molar-refractivity contribution is 6.34. The molecule has 2 aromatic carbocycles. The van der Waals surface area contributed by atoms with E-state index >= 15 is 0 Å². The molecule has 2 heterocycles. The molecular formula is C27H23ClF6N4O. The van der Waals surface area contributed by atoms with Gasteiger partial charge in [-0.05, 0) is 50.6 Å². The van der Waals surface area contributed by atoms with Crippen molar-refractivity contribution in [2.45, 2.75) is 45.1 Å². The normalized spacial score (nSPS) is 12.7. The van der Waals surface area contributed by atoms with Gasteiger partial charge in [0.05, 0.1) is 34.6 Å². The summed E-state index contributed by atoms with van der Waals surface area (Å²) in [5.74, 6) is -0.757. The Labute approximate surface area is 225 Å².